The van der Waals surface area contributed by atoms with Crippen LogP contribution >= 0.6 is 0 Å². The number of esters is 2. The van der Waals surface area contributed by atoms with Crippen LogP contribution < -0.4 is 9.47 Å². The Morgan fingerprint density at radius 3 is 2.16 bits per heavy atom. The van der Waals surface area contributed by atoms with Crippen molar-refractivity contribution < 1.29 is 47.2 Å². The third kappa shape index (κ3) is 7.91. The maximum absolute atomic E-state index is 14.9. The van der Waals surface area contributed by atoms with Crippen molar-refractivity contribution in [1.29, 1.82) is 0 Å². The molecule has 2 aromatic rings. The second kappa shape index (κ2) is 12.9. The molecule has 3 rings (SSSR count). The smallest absolute Gasteiger partial charge is 0.490 e. The highest BCUT2D eigenvalue weighted by molar-refractivity contribution is 5.88. The quantitative estimate of drug-likeness (QED) is 0.169. The van der Waals surface area contributed by atoms with Gasteiger partial charge in [-0.15, -0.1) is 0 Å². The molecule has 38 heavy (non-hydrogen) atoms. The molecule has 1 heterocycles. The lowest BCUT2D eigenvalue weighted by Gasteiger charge is -2.35. The van der Waals surface area contributed by atoms with Crippen molar-refractivity contribution in [2.45, 2.75) is 13.8 Å². The van der Waals surface area contributed by atoms with Gasteiger partial charge in [-0.2, -0.15) is 0 Å². The van der Waals surface area contributed by atoms with Gasteiger partial charge in [-0.25, -0.2) is 18.8 Å². The molecule has 0 spiro atoms. The highest BCUT2D eigenvalue weighted by Crippen LogP contribution is 2.30. The molecule has 1 saturated heterocycles. The summed E-state index contributed by atoms with van der Waals surface area (Å²) in [4.78, 5) is 34.5. The molecule has 0 unspecified atom stereocenters. The van der Waals surface area contributed by atoms with Crippen LogP contribution in [0.4, 0.5) is 9.18 Å². The summed E-state index contributed by atoms with van der Waals surface area (Å²) in [6.07, 6.45) is -0.813. The van der Waals surface area contributed by atoms with Crippen molar-refractivity contribution >= 4 is 18.1 Å². The lowest BCUT2D eigenvalue weighted by molar-refractivity contribution is -0.143. The molecule has 0 atom stereocenters. The first-order valence-electron chi connectivity index (χ1n) is 11.7. The Labute approximate surface area is 219 Å². The van der Waals surface area contributed by atoms with Gasteiger partial charge in [0.15, 0.2) is 11.6 Å². The summed E-state index contributed by atoms with van der Waals surface area (Å²) >= 11 is 0. The Morgan fingerprint density at radius 2 is 1.55 bits per heavy atom. The summed E-state index contributed by atoms with van der Waals surface area (Å²) in [5.41, 5.74) is 0.952. The van der Waals surface area contributed by atoms with E-state index in [4.69, 9.17) is 28.4 Å². The molecule has 1 aliphatic rings. The molecule has 1 fully saturated rings. The van der Waals surface area contributed by atoms with Gasteiger partial charge < -0.3 is 28.4 Å². The number of hydrogen-bond donors (Lipinski definition) is 0. The van der Waals surface area contributed by atoms with E-state index in [1.54, 1.807) is 37.3 Å². The summed E-state index contributed by atoms with van der Waals surface area (Å²) in [5, 5.41) is 0. The van der Waals surface area contributed by atoms with Gasteiger partial charge in [-0.3, -0.25) is 0 Å². The van der Waals surface area contributed by atoms with Crippen molar-refractivity contribution in [1.82, 2.24) is 0 Å². The Balaban J connectivity index is 1.60. The Morgan fingerprint density at radius 1 is 0.921 bits per heavy atom. The van der Waals surface area contributed by atoms with E-state index < -0.39 is 29.3 Å². The second-order valence-electron chi connectivity index (χ2n) is 8.92. The first-order valence-corrected chi connectivity index (χ1v) is 11.7. The van der Waals surface area contributed by atoms with Gasteiger partial charge in [0, 0.05) is 11.1 Å². The van der Waals surface area contributed by atoms with Crippen LogP contribution in [0.25, 0.3) is 11.1 Å². The summed E-state index contributed by atoms with van der Waals surface area (Å²) in [7, 11) is 0. The van der Waals surface area contributed by atoms with E-state index in [1.165, 1.54) is 19.1 Å². The summed E-state index contributed by atoms with van der Waals surface area (Å²) in [5.74, 6) is -1.32. The number of carbonyl (C=O) groups is 3. The Bertz CT molecular complexity index is 1190. The van der Waals surface area contributed by atoms with Crippen molar-refractivity contribution in [2.24, 2.45) is 5.41 Å². The predicted octanol–water partition coefficient (Wildman–Crippen LogP) is 4.64. The van der Waals surface area contributed by atoms with Gasteiger partial charge in [0.2, 0.25) is 0 Å². The summed E-state index contributed by atoms with van der Waals surface area (Å²) < 4.78 is 46.4. The zero-order chi connectivity index (χ0) is 27.7. The SMILES string of the molecule is C=C(C)C(=O)OCCOCC1(COc2ccc(-c3ccc(OC(=O)C(=C)C)cc3)cc2F)COC(=O)OC1. The van der Waals surface area contributed by atoms with Gasteiger partial charge in [-0.1, -0.05) is 31.4 Å². The van der Waals surface area contributed by atoms with E-state index in [0.29, 0.717) is 16.9 Å². The fraction of sp³-hybridized carbons (Fsp3) is 0.321. The van der Waals surface area contributed by atoms with Crippen LogP contribution in [0, 0.1) is 11.2 Å². The zero-order valence-electron chi connectivity index (χ0n) is 21.3. The molecule has 0 amide bonds. The first kappa shape index (κ1) is 28.4. The number of ether oxygens (including phenoxy) is 6. The van der Waals surface area contributed by atoms with Gasteiger partial charge in [0.1, 0.15) is 32.2 Å². The Kier molecular flexibility index (Phi) is 9.61. The van der Waals surface area contributed by atoms with Gasteiger partial charge >= 0.3 is 18.1 Å². The van der Waals surface area contributed by atoms with Crippen molar-refractivity contribution in [3.63, 3.8) is 0 Å². The van der Waals surface area contributed by atoms with Crippen LogP contribution in [0.1, 0.15) is 13.8 Å². The van der Waals surface area contributed by atoms with Crippen LogP contribution in [-0.4, -0.2) is 57.7 Å². The molecule has 0 bridgehead atoms. The second-order valence-corrected chi connectivity index (χ2v) is 8.92. The molecule has 10 heteroatoms. The highest BCUT2D eigenvalue weighted by atomic mass is 19.1. The molecule has 0 radical (unpaired) electrons. The third-order valence-electron chi connectivity index (χ3n) is 5.42. The minimum absolute atomic E-state index is 0.00702. The van der Waals surface area contributed by atoms with Crippen molar-refractivity contribution in [2.75, 3.05) is 39.6 Å². The molecular formula is C28H29FO9. The minimum atomic E-state index is -0.894. The van der Waals surface area contributed by atoms with E-state index in [1.807, 2.05) is 0 Å². The Hall–Kier alpha value is -4.18. The molecule has 0 aliphatic carbocycles. The van der Waals surface area contributed by atoms with E-state index in [9.17, 15) is 18.8 Å². The van der Waals surface area contributed by atoms with Gasteiger partial charge in [0.05, 0.1) is 18.6 Å². The summed E-state index contributed by atoms with van der Waals surface area (Å²) in [6.45, 7) is 10.1. The van der Waals surface area contributed by atoms with Crippen LogP contribution in [0.5, 0.6) is 11.5 Å². The van der Waals surface area contributed by atoms with Crippen LogP contribution in [-0.2, 0) is 28.5 Å². The van der Waals surface area contributed by atoms with Crippen molar-refractivity contribution in [3.05, 3.63) is 72.6 Å². The van der Waals surface area contributed by atoms with Crippen LogP contribution in [0.15, 0.2) is 66.8 Å². The number of halogens is 1. The average Bonchev–Trinajstić information content (AvgIpc) is 2.89. The zero-order valence-corrected chi connectivity index (χ0v) is 21.3. The highest BCUT2D eigenvalue weighted by Gasteiger charge is 2.39. The topological polar surface area (TPSA) is 107 Å². The lowest BCUT2D eigenvalue weighted by atomic mass is 9.91. The molecular weight excluding hydrogens is 499 g/mol. The molecule has 9 nitrogen and oxygen atoms in total. The number of rotatable bonds is 12. The number of cyclic esters (lactones) is 2. The molecule has 0 N–H and O–H groups in total. The van der Waals surface area contributed by atoms with Crippen LogP contribution in [0.2, 0.25) is 0 Å². The standard InChI is InChI=1S/C28H29FO9/c1-18(2)25(30)34-12-11-33-14-28(16-36-27(32)37-17-28)15-35-24-10-7-21(13-23(24)29)20-5-8-22(9-6-20)38-26(31)19(3)4/h5-10,13H,1,3,11-12,14-17H2,2,4H3. The summed E-state index contributed by atoms with van der Waals surface area (Å²) in [6, 6.07) is 11.1. The van der Waals surface area contributed by atoms with Crippen LogP contribution in [0.3, 0.4) is 0 Å². The molecule has 0 aromatic heterocycles. The number of benzene rings is 2. The molecule has 0 saturated carbocycles. The monoisotopic (exact) mass is 528 g/mol. The van der Waals surface area contributed by atoms with Gasteiger partial charge in [0.25, 0.3) is 0 Å². The maximum atomic E-state index is 14.9. The van der Waals surface area contributed by atoms with E-state index in [2.05, 4.69) is 13.2 Å². The molecule has 1 aliphatic heterocycles. The fourth-order valence-electron chi connectivity index (χ4n) is 3.26. The largest absolute Gasteiger partial charge is 0.508 e. The maximum Gasteiger partial charge on any atom is 0.508 e. The normalized spacial score (nSPS) is 14.0. The number of carbonyl (C=O) groups excluding carboxylic acids is 3. The lowest BCUT2D eigenvalue weighted by Crippen LogP contribution is -2.47. The van der Waals surface area contributed by atoms with E-state index in [-0.39, 0.29) is 56.5 Å². The predicted molar refractivity (Wildman–Crippen MR) is 134 cm³/mol. The minimum Gasteiger partial charge on any atom is -0.490 e. The van der Waals surface area contributed by atoms with E-state index >= 15 is 0 Å². The van der Waals surface area contributed by atoms with E-state index in [0.717, 1.165) is 0 Å². The molecule has 2 aromatic carbocycles. The van der Waals surface area contributed by atoms with Crippen molar-refractivity contribution in [3.8, 4) is 22.6 Å². The average molecular weight is 529 g/mol. The van der Waals surface area contributed by atoms with Gasteiger partial charge in [-0.05, 0) is 49.2 Å². The third-order valence-corrected chi connectivity index (χ3v) is 5.42. The molecule has 202 valence electrons. The number of hydrogen-bond acceptors (Lipinski definition) is 9. The first-order chi connectivity index (χ1) is 18.1. The fourth-order valence-corrected chi connectivity index (χ4v) is 3.26.